The third kappa shape index (κ3) is 3.98. The molecular weight excluding hydrogens is 437 g/mol. The highest BCUT2D eigenvalue weighted by Crippen LogP contribution is 2.23. The minimum atomic E-state index is -0.786. The van der Waals surface area contributed by atoms with Gasteiger partial charge >= 0.3 is 5.97 Å². The van der Waals surface area contributed by atoms with E-state index in [0.717, 1.165) is 17.4 Å². The topological polar surface area (TPSA) is 75.2 Å². The normalized spacial score (nSPS) is 11.0. The summed E-state index contributed by atoms with van der Waals surface area (Å²) in [5.74, 6) is -1.77. The molecule has 0 aliphatic carbocycles. The van der Waals surface area contributed by atoms with E-state index in [0.29, 0.717) is 22.6 Å². The second-order valence-corrected chi connectivity index (χ2v) is 8.04. The van der Waals surface area contributed by atoms with Crippen molar-refractivity contribution in [2.24, 2.45) is 7.05 Å². The molecule has 7 nitrogen and oxygen atoms in total. The molecule has 2 heterocycles. The summed E-state index contributed by atoms with van der Waals surface area (Å²) in [4.78, 5) is 38.5. The predicted molar refractivity (Wildman–Crippen MR) is 126 cm³/mol. The lowest BCUT2D eigenvalue weighted by Gasteiger charge is -2.09. The molecule has 0 atom stereocenters. The summed E-state index contributed by atoms with van der Waals surface area (Å²) in [6.07, 6.45) is 0. The maximum Gasteiger partial charge on any atom is 0.338 e. The second kappa shape index (κ2) is 8.97. The van der Waals surface area contributed by atoms with Crippen LogP contribution in [0.5, 0.6) is 0 Å². The van der Waals surface area contributed by atoms with Crippen LogP contribution < -0.4 is 5.56 Å². The summed E-state index contributed by atoms with van der Waals surface area (Å²) in [6, 6.07) is 16.0. The van der Waals surface area contributed by atoms with Gasteiger partial charge in [0.2, 0.25) is 5.78 Å². The third-order valence-electron chi connectivity index (χ3n) is 5.87. The van der Waals surface area contributed by atoms with Crippen molar-refractivity contribution < 1.29 is 18.7 Å². The lowest BCUT2D eigenvalue weighted by atomic mass is 10.1. The van der Waals surface area contributed by atoms with Gasteiger partial charge in [0.25, 0.3) is 5.56 Å². The molecule has 34 heavy (non-hydrogen) atoms. The number of nitrogens with zero attached hydrogens (tertiary/aromatic N) is 3. The largest absolute Gasteiger partial charge is 0.454 e. The predicted octanol–water partition coefficient (Wildman–Crippen LogP) is 4.07. The number of esters is 1. The summed E-state index contributed by atoms with van der Waals surface area (Å²) in [7, 11) is 1.80. The van der Waals surface area contributed by atoms with E-state index in [1.165, 1.54) is 18.2 Å². The fourth-order valence-electron chi connectivity index (χ4n) is 4.11. The van der Waals surface area contributed by atoms with Crippen molar-refractivity contribution in [1.29, 1.82) is 0 Å². The van der Waals surface area contributed by atoms with Crippen LogP contribution in [-0.2, 0) is 11.8 Å². The molecule has 2 aromatic carbocycles. The molecule has 0 saturated carbocycles. The van der Waals surface area contributed by atoms with Crippen LogP contribution in [0.15, 0.2) is 65.5 Å². The zero-order valence-electron chi connectivity index (χ0n) is 19.3. The molecule has 0 N–H and O–H groups in total. The lowest BCUT2D eigenvalue weighted by Crippen LogP contribution is -2.22. The van der Waals surface area contributed by atoms with Gasteiger partial charge in [-0.15, -0.1) is 0 Å². The molecule has 0 spiro atoms. The molecule has 0 aliphatic rings. The van der Waals surface area contributed by atoms with Gasteiger partial charge in [0.1, 0.15) is 11.5 Å². The van der Waals surface area contributed by atoms with E-state index in [-0.39, 0.29) is 11.1 Å². The summed E-state index contributed by atoms with van der Waals surface area (Å²) >= 11 is 0. The first-order valence-electron chi connectivity index (χ1n) is 10.7. The van der Waals surface area contributed by atoms with Gasteiger partial charge in [0.15, 0.2) is 6.61 Å². The zero-order valence-corrected chi connectivity index (χ0v) is 19.3. The van der Waals surface area contributed by atoms with Crippen molar-refractivity contribution in [3.63, 3.8) is 0 Å². The second-order valence-electron chi connectivity index (χ2n) is 8.04. The number of ketones is 1. The number of halogens is 1. The van der Waals surface area contributed by atoms with Crippen LogP contribution >= 0.6 is 0 Å². The Morgan fingerprint density at radius 3 is 2.32 bits per heavy atom. The van der Waals surface area contributed by atoms with E-state index in [1.54, 1.807) is 40.9 Å². The Kier molecular flexibility index (Phi) is 6.06. The summed E-state index contributed by atoms with van der Waals surface area (Å²) in [5.41, 5.74) is 3.32. The molecular formula is C26H24FN3O4. The Morgan fingerprint density at radius 1 is 0.941 bits per heavy atom. The summed E-state index contributed by atoms with van der Waals surface area (Å²) in [6.45, 7) is 4.90. The number of hydrogen-bond acceptors (Lipinski definition) is 4. The van der Waals surface area contributed by atoms with E-state index in [9.17, 15) is 18.8 Å². The average Bonchev–Trinajstić information content (AvgIpc) is 3.23. The number of Topliss-reactive ketones (excluding diaryl/α,β-unsaturated/α-hetero) is 1. The van der Waals surface area contributed by atoms with Crippen molar-refractivity contribution in [3.05, 3.63) is 105 Å². The van der Waals surface area contributed by atoms with Crippen LogP contribution in [0.3, 0.4) is 0 Å². The van der Waals surface area contributed by atoms with Gasteiger partial charge in [-0.25, -0.2) is 13.9 Å². The van der Waals surface area contributed by atoms with Gasteiger partial charge in [-0.3, -0.25) is 14.3 Å². The maximum atomic E-state index is 13.4. The standard InChI is InChI=1S/C26H24FN3O4/c1-16-13-22(23(31)15-34-26(33)19-9-8-10-20(27)14-19)17(2)29(16)24-18(3)28(4)30(25(24)32)21-11-6-5-7-12-21/h5-14H,15H2,1-4H3. The molecule has 0 bridgehead atoms. The summed E-state index contributed by atoms with van der Waals surface area (Å²) < 4.78 is 23.5. The van der Waals surface area contributed by atoms with Gasteiger partial charge in [-0.05, 0) is 57.2 Å². The van der Waals surface area contributed by atoms with E-state index in [1.807, 2.05) is 37.3 Å². The molecule has 2 aromatic heterocycles. The molecule has 0 unspecified atom stereocenters. The minimum Gasteiger partial charge on any atom is -0.454 e. The molecule has 8 heteroatoms. The first-order valence-corrected chi connectivity index (χ1v) is 10.7. The number of carbonyl (C=O) groups excluding carboxylic acids is 2. The van der Waals surface area contributed by atoms with Gasteiger partial charge < -0.3 is 9.30 Å². The van der Waals surface area contributed by atoms with Gasteiger partial charge in [-0.1, -0.05) is 24.3 Å². The van der Waals surface area contributed by atoms with E-state index >= 15 is 0 Å². The van der Waals surface area contributed by atoms with Crippen molar-refractivity contribution >= 4 is 11.8 Å². The fraction of sp³-hybridized carbons (Fsp3) is 0.192. The number of carbonyl (C=O) groups is 2. The Labute approximate surface area is 195 Å². The van der Waals surface area contributed by atoms with E-state index < -0.39 is 24.2 Å². The average molecular weight is 461 g/mol. The molecule has 4 rings (SSSR count). The number of ether oxygens (including phenoxy) is 1. The number of rotatable bonds is 6. The number of benzene rings is 2. The first-order chi connectivity index (χ1) is 16.2. The Hall–Kier alpha value is -4.20. The summed E-state index contributed by atoms with van der Waals surface area (Å²) in [5, 5.41) is 0. The number of hydrogen-bond donors (Lipinski definition) is 0. The molecule has 0 aliphatic heterocycles. The highest BCUT2D eigenvalue weighted by atomic mass is 19.1. The highest BCUT2D eigenvalue weighted by molar-refractivity contribution is 6.00. The molecule has 0 radical (unpaired) electrons. The minimum absolute atomic E-state index is 0.0274. The van der Waals surface area contributed by atoms with Crippen LogP contribution in [-0.4, -0.2) is 32.3 Å². The Balaban J connectivity index is 1.65. The fourth-order valence-corrected chi connectivity index (χ4v) is 4.11. The van der Waals surface area contributed by atoms with Crippen molar-refractivity contribution in [2.75, 3.05) is 6.61 Å². The Morgan fingerprint density at radius 2 is 1.65 bits per heavy atom. The van der Waals surface area contributed by atoms with Crippen LogP contribution in [0.4, 0.5) is 4.39 Å². The number of aromatic nitrogens is 3. The molecule has 0 fully saturated rings. The third-order valence-corrected chi connectivity index (χ3v) is 5.87. The highest BCUT2D eigenvalue weighted by Gasteiger charge is 2.24. The van der Waals surface area contributed by atoms with Crippen LogP contribution in [0.1, 0.15) is 37.8 Å². The molecule has 0 amide bonds. The lowest BCUT2D eigenvalue weighted by molar-refractivity contribution is 0.0474. The quantitative estimate of drug-likeness (QED) is 0.320. The Bertz CT molecular complexity index is 1460. The van der Waals surface area contributed by atoms with E-state index in [2.05, 4.69) is 0 Å². The number of para-hydroxylation sites is 1. The van der Waals surface area contributed by atoms with Gasteiger partial charge in [0.05, 0.1) is 16.9 Å². The zero-order chi connectivity index (χ0) is 24.6. The SMILES string of the molecule is Cc1cc(C(=O)COC(=O)c2cccc(F)c2)c(C)n1-c1c(C)n(C)n(-c2ccccc2)c1=O. The molecule has 174 valence electrons. The van der Waals surface area contributed by atoms with Crippen molar-refractivity contribution in [2.45, 2.75) is 20.8 Å². The first kappa shape index (κ1) is 23.0. The van der Waals surface area contributed by atoms with Crippen LogP contribution in [0.25, 0.3) is 11.4 Å². The smallest absolute Gasteiger partial charge is 0.338 e. The monoisotopic (exact) mass is 461 g/mol. The van der Waals surface area contributed by atoms with Gasteiger partial charge in [-0.2, -0.15) is 0 Å². The molecule has 4 aromatic rings. The molecule has 0 saturated heterocycles. The van der Waals surface area contributed by atoms with Crippen molar-refractivity contribution in [1.82, 2.24) is 13.9 Å². The maximum absolute atomic E-state index is 13.4. The van der Waals surface area contributed by atoms with Crippen molar-refractivity contribution in [3.8, 4) is 11.4 Å². The van der Waals surface area contributed by atoms with Crippen LogP contribution in [0.2, 0.25) is 0 Å². The van der Waals surface area contributed by atoms with E-state index in [4.69, 9.17) is 4.74 Å². The van der Waals surface area contributed by atoms with Crippen LogP contribution in [0, 0.1) is 26.6 Å². The number of aryl methyl sites for hydroxylation is 1. The van der Waals surface area contributed by atoms with Gasteiger partial charge in [0, 0.05) is 24.0 Å².